The van der Waals surface area contributed by atoms with Gasteiger partial charge < -0.3 is 15.5 Å². The van der Waals surface area contributed by atoms with Crippen LogP contribution in [0.2, 0.25) is 5.02 Å². The molecular weight excluding hydrogens is 495 g/mol. The first-order valence-corrected chi connectivity index (χ1v) is 13.4. The predicted octanol–water partition coefficient (Wildman–Crippen LogP) is 3.48. The maximum Gasteiger partial charge on any atom is 0.264 e. The molecule has 2 aromatic rings. The summed E-state index contributed by atoms with van der Waals surface area (Å²) in [6.45, 7) is 1.71. The summed E-state index contributed by atoms with van der Waals surface area (Å²) in [4.78, 5) is 27.8. The standard InChI is InChI=1S/C24H26ClFN4O4S/c1-30-9-5-15(6-10-30)27-22(31)17-12-16(13-18-21(17)28-23(32)24(18)7-2-8-24)29-35(33,34)20-4-3-14(25)11-19(20)26/h3-4,11-13,15,29H,2,5-10H2,1H3,(H,27,31)(H,28,32). The van der Waals surface area contributed by atoms with Crippen LogP contribution >= 0.6 is 11.6 Å². The number of benzene rings is 2. The monoisotopic (exact) mass is 520 g/mol. The van der Waals surface area contributed by atoms with Crippen molar-refractivity contribution in [3.05, 3.63) is 52.3 Å². The minimum atomic E-state index is -4.32. The third kappa shape index (κ3) is 4.28. The van der Waals surface area contributed by atoms with Gasteiger partial charge in [-0.2, -0.15) is 0 Å². The third-order valence-corrected chi connectivity index (χ3v) is 8.92. The number of rotatable bonds is 5. The Morgan fingerprint density at radius 1 is 1.20 bits per heavy atom. The van der Waals surface area contributed by atoms with Gasteiger partial charge in [0, 0.05) is 11.1 Å². The lowest BCUT2D eigenvalue weighted by Crippen LogP contribution is -2.43. The highest BCUT2D eigenvalue weighted by Crippen LogP contribution is 2.52. The van der Waals surface area contributed by atoms with Gasteiger partial charge in [0.05, 0.1) is 22.4 Å². The summed E-state index contributed by atoms with van der Waals surface area (Å²) in [7, 11) is -2.29. The maximum atomic E-state index is 14.4. The summed E-state index contributed by atoms with van der Waals surface area (Å²) in [6.07, 6.45) is 3.68. The molecule has 2 aromatic carbocycles. The Morgan fingerprint density at radius 2 is 1.91 bits per heavy atom. The van der Waals surface area contributed by atoms with Crippen molar-refractivity contribution in [2.75, 3.05) is 30.2 Å². The van der Waals surface area contributed by atoms with E-state index in [0.29, 0.717) is 24.1 Å². The third-order valence-electron chi connectivity index (χ3n) is 7.27. The summed E-state index contributed by atoms with van der Waals surface area (Å²) >= 11 is 5.76. The Balaban J connectivity index is 1.51. The van der Waals surface area contributed by atoms with Crippen molar-refractivity contribution in [1.82, 2.24) is 10.2 Å². The Hall–Kier alpha value is -2.69. The van der Waals surface area contributed by atoms with Crippen molar-refractivity contribution >= 4 is 44.8 Å². The van der Waals surface area contributed by atoms with Crippen molar-refractivity contribution in [3.63, 3.8) is 0 Å². The number of anilines is 2. The quantitative estimate of drug-likeness (QED) is 0.559. The molecule has 2 aliphatic heterocycles. The van der Waals surface area contributed by atoms with Crippen molar-refractivity contribution in [1.29, 1.82) is 0 Å². The molecule has 1 aliphatic carbocycles. The molecule has 2 fully saturated rings. The van der Waals surface area contributed by atoms with E-state index < -0.39 is 26.2 Å². The Labute approximate surface area is 208 Å². The topological polar surface area (TPSA) is 108 Å². The molecule has 1 saturated heterocycles. The van der Waals surface area contributed by atoms with Crippen LogP contribution in [0.1, 0.15) is 48.0 Å². The molecule has 1 spiro atoms. The number of amides is 2. The lowest BCUT2D eigenvalue weighted by molar-refractivity contribution is -0.123. The number of nitrogens with zero attached hydrogens (tertiary/aromatic N) is 1. The van der Waals surface area contributed by atoms with Crippen LogP contribution in [0.3, 0.4) is 0 Å². The van der Waals surface area contributed by atoms with E-state index >= 15 is 0 Å². The van der Waals surface area contributed by atoms with Gasteiger partial charge in [-0.05, 0) is 81.7 Å². The van der Waals surface area contributed by atoms with Crippen LogP contribution in [-0.2, 0) is 20.2 Å². The van der Waals surface area contributed by atoms with Gasteiger partial charge in [-0.25, -0.2) is 12.8 Å². The Bertz CT molecular complexity index is 1320. The molecule has 8 nitrogen and oxygen atoms in total. The molecule has 2 amide bonds. The molecule has 5 rings (SSSR count). The number of carbonyl (C=O) groups is 2. The molecule has 186 valence electrons. The number of fused-ring (bicyclic) bond motifs is 2. The van der Waals surface area contributed by atoms with E-state index in [1.807, 2.05) is 7.05 Å². The molecule has 0 aromatic heterocycles. The number of halogens is 2. The number of nitrogens with one attached hydrogen (secondary N) is 3. The van der Waals surface area contributed by atoms with Crippen molar-refractivity contribution in [2.24, 2.45) is 0 Å². The summed E-state index contributed by atoms with van der Waals surface area (Å²) in [5, 5.41) is 5.97. The van der Waals surface area contributed by atoms with Crippen LogP contribution in [0.15, 0.2) is 35.2 Å². The summed E-state index contributed by atoms with van der Waals surface area (Å²) in [6, 6.07) is 6.24. The van der Waals surface area contributed by atoms with Gasteiger partial charge in [-0.1, -0.05) is 18.0 Å². The Morgan fingerprint density at radius 3 is 2.54 bits per heavy atom. The number of hydrogen-bond donors (Lipinski definition) is 3. The molecule has 35 heavy (non-hydrogen) atoms. The SMILES string of the molecule is CN1CCC(NC(=O)c2cc(NS(=O)(=O)c3ccc(Cl)cc3F)cc3c2NC(=O)C32CCC2)CC1. The number of carbonyl (C=O) groups excluding carboxylic acids is 2. The number of piperidine rings is 1. The van der Waals surface area contributed by atoms with E-state index in [2.05, 4.69) is 20.3 Å². The molecule has 1 saturated carbocycles. The fourth-order valence-electron chi connectivity index (χ4n) is 5.09. The molecular formula is C24H26ClFN4O4S. The van der Waals surface area contributed by atoms with Crippen molar-refractivity contribution in [3.8, 4) is 0 Å². The Kier molecular flexibility index (Phi) is 6.01. The number of likely N-dealkylation sites (tertiary alicyclic amines) is 1. The van der Waals surface area contributed by atoms with Crippen LogP contribution < -0.4 is 15.4 Å². The van der Waals surface area contributed by atoms with E-state index in [0.717, 1.165) is 44.5 Å². The molecule has 0 unspecified atom stereocenters. The smallest absolute Gasteiger partial charge is 0.264 e. The van der Waals surface area contributed by atoms with E-state index in [9.17, 15) is 22.4 Å². The van der Waals surface area contributed by atoms with Crippen molar-refractivity contribution < 1.29 is 22.4 Å². The first kappa shape index (κ1) is 24.0. The second kappa shape index (κ2) is 8.76. The van der Waals surface area contributed by atoms with Gasteiger partial charge in [0.15, 0.2) is 0 Å². The van der Waals surface area contributed by atoms with Gasteiger partial charge in [0.25, 0.3) is 15.9 Å². The fraction of sp³-hybridized carbons (Fsp3) is 0.417. The first-order chi connectivity index (χ1) is 16.6. The number of hydrogen-bond acceptors (Lipinski definition) is 5. The second-order valence-electron chi connectivity index (χ2n) is 9.57. The van der Waals surface area contributed by atoms with E-state index in [1.165, 1.54) is 12.1 Å². The summed E-state index contributed by atoms with van der Waals surface area (Å²) in [5.41, 5.74) is 0.521. The minimum absolute atomic E-state index is 0.0207. The molecule has 0 radical (unpaired) electrons. The fourth-order valence-corrected chi connectivity index (χ4v) is 6.35. The van der Waals surface area contributed by atoms with Gasteiger partial charge in [0.2, 0.25) is 5.91 Å². The predicted molar refractivity (Wildman–Crippen MR) is 131 cm³/mol. The van der Waals surface area contributed by atoms with E-state index in [4.69, 9.17) is 11.6 Å². The normalized spacial score (nSPS) is 19.7. The molecule has 3 N–H and O–H groups in total. The van der Waals surface area contributed by atoms with Gasteiger partial charge in [-0.15, -0.1) is 0 Å². The minimum Gasteiger partial charge on any atom is -0.349 e. The van der Waals surface area contributed by atoms with E-state index in [1.54, 1.807) is 6.07 Å². The van der Waals surface area contributed by atoms with Crippen LogP contribution in [0.4, 0.5) is 15.8 Å². The largest absolute Gasteiger partial charge is 0.349 e. The maximum absolute atomic E-state index is 14.4. The molecule has 2 heterocycles. The zero-order chi connectivity index (χ0) is 25.0. The van der Waals surface area contributed by atoms with Crippen LogP contribution in [0.25, 0.3) is 0 Å². The average Bonchev–Trinajstić information content (AvgIpc) is 3.06. The molecule has 3 aliphatic rings. The van der Waals surface area contributed by atoms with E-state index in [-0.39, 0.29) is 34.1 Å². The second-order valence-corrected chi connectivity index (χ2v) is 11.7. The van der Waals surface area contributed by atoms with Crippen LogP contribution in [0.5, 0.6) is 0 Å². The van der Waals surface area contributed by atoms with Crippen molar-refractivity contribution in [2.45, 2.75) is 48.5 Å². The molecule has 11 heteroatoms. The highest BCUT2D eigenvalue weighted by molar-refractivity contribution is 7.92. The average molecular weight is 521 g/mol. The summed E-state index contributed by atoms with van der Waals surface area (Å²) < 4.78 is 42.7. The highest BCUT2D eigenvalue weighted by Gasteiger charge is 2.52. The lowest BCUT2D eigenvalue weighted by atomic mass is 9.65. The first-order valence-electron chi connectivity index (χ1n) is 11.6. The number of sulfonamides is 1. The lowest BCUT2D eigenvalue weighted by Gasteiger charge is -2.36. The summed E-state index contributed by atoms with van der Waals surface area (Å²) in [5.74, 6) is -1.55. The zero-order valence-corrected chi connectivity index (χ0v) is 20.7. The van der Waals surface area contributed by atoms with Gasteiger partial charge in [-0.3, -0.25) is 14.3 Å². The highest BCUT2D eigenvalue weighted by atomic mass is 35.5. The molecule has 0 atom stereocenters. The van der Waals surface area contributed by atoms with Crippen LogP contribution in [-0.4, -0.2) is 51.3 Å². The zero-order valence-electron chi connectivity index (χ0n) is 19.2. The van der Waals surface area contributed by atoms with Crippen LogP contribution in [0, 0.1) is 5.82 Å². The van der Waals surface area contributed by atoms with Gasteiger partial charge >= 0.3 is 0 Å². The van der Waals surface area contributed by atoms with Gasteiger partial charge in [0.1, 0.15) is 10.7 Å². The molecule has 0 bridgehead atoms.